The van der Waals surface area contributed by atoms with E-state index in [0.717, 1.165) is 0 Å². The highest BCUT2D eigenvalue weighted by molar-refractivity contribution is 7.31. The van der Waals surface area contributed by atoms with Gasteiger partial charge in [0.05, 0.1) is 19.5 Å². The van der Waals surface area contributed by atoms with Crippen LogP contribution in [0.15, 0.2) is 97.1 Å². The zero-order chi connectivity index (χ0) is 23.4. The summed E-state index contributed by atoms with van der Waals surface area (Å²) in [6.45, 7) is 0. The highest BCUT2D eigenvalue weighted by Crippen LogP contribution is 2.62. The van der Waals surface area contributed by atoms with Crippen molar-refractivity contribution in [2.75, 3.05) is 0 Å². The highest BCUT2D eigenvalue weighted by Gasteiger charge is 2.32. The van der Waals surface area contributed by atoms with Crippen molar-refractivity contribution in [2.45, 2.75) is 0 Å². The minimum Gasteiger partial charge on any atom is -0.134 e. The van der Waals surface area contributed by atoms with E-state index in [1.807, 2.05) is 45.3 Å². The lowest BCUT2D eigenvalue weighted by molar-refractivity contribution is 1.77. The third kappa shape index (κ3) is 2.47. The topological polar surface area (TPSA) is 0 Å². The summed E-state index contributed by atoms with van der Waals surface area (Å²) in [7, 11) is 0. The van der Waals surface area contributed by atoms with Crippen LogP contribution in [0.1, 0.15) is 0 Å². The van der Waals surface area contributed by atoms with E-state index in [0.29, 0.717) is 0 Å². The molecule has 0 amide bonds. The van der Waals surface area contributed by atoms with Crippen molar-refractivity contribution in [1.29, 1.82) is 0 Å². The Hall–Kier alpha value is -3.28. The molecule has 4 aromatic heterocycles. The molecule has 0 N–H and O–H groups in total. The predicted octanol–water partition coefficient (Wildman–Crippen LogP) is 11.5. The van der Waals surface area contributed by atoms with Crippen LogP contribution in [-0.4, -0.2) is 0 Å². The van der Waals surface area contributed by atoms with Crippen molar-refractivity contribution < 1.29 is 0 Å². The van der Waals surface area contributed by atoms with Crippen molar-refractivity contribution in [3.63, 3.8) is 0 Å². The summed E-state index contributed by atoms with van der Waals surface area (Å²) in [6.07, 6.45) is 0. The molecule has 1 aliphatic rings. The standard InChI is InChI=1S/C32H16S4/c1-5-13-21-17(9-1)25-26-18-10-2-6-14-22(18)34-30(26)32-28(20-12-4-8-16-24(20)36-32)27-19-11-3-7-15-23(19)35-31(27)29(25)33-21/h1-16H. The Bertz CT molecular complexity index is 1850. The van der Waals surface area contributed by atoms with E-state index in [1.165, 1.54) is 82.1 Å². The van der Waals surface area contributed by atoms with Gasteiger partial charge < -0.3 is 0 Å². The Kier molecular flexibility index (Phi) is 3.94. The van der Waals surface area contributed by atoms with Gasteiger partial charge in [-0.3, -0.25) is 0 Å². The third-order valence-electron chi connectivity index (χ3n) is 7.29. The fourth-order valence-corrected chi connectivity index (χ4v) is 10.9. The van der Waals surface area contributed by atoms with E-state index in [2.05, 4.69) is 97.1 Å². The number of thiophene rings is 4. The van der Waals surface area contributed by atoms with E-state index in [9.17, 15) is 0 Å². The average molecular weight is 529 g/mol. The maximum Gasteiger partial charge on any atom is 0.0541 e. The fourth-order valence-electron chi connectivity index (χ4n) is 5.81. The van der Waals surface area contributed by atoms with E-state index >= 15 is 0 Å². The second kappa shape index (κ2) is 7.15. The molecule has 8 aromatic rings. The largest absolute Gasteiger partial charge is 0.134 e. The molecule has 36 heavy (non-hydrogen) atoms. The normalized spacial score (nSPS) is 12.4. The summed E-state index contributed by atoms with van der Waals surface area (Å²) in [6, 6.07) is 35.9. The van der Waals surface area contributed by atoms with E-state index in [-0.39, 0.29) is 0 Å². The van der Waals surface area contributed by atoms with Crippen molar-refractivity contribution in [3.05, 3.63) is 97.1 Å². The predicted molar refractivity (Wildman–Crippen MR) is 163 cm³/mol. The van der Waals surface area contributed by atoms with Gasteiger partial charge >= 0.3 is 0 Å². The lowest BCUT2D eigenvalue weighted by atomic mass is 9.90. The second-order valence-corrected chi connectivity index (χ2v) is 13.4. The first-order chi connectivity index (χ1) is 17.9. The third-order valence-corrected chi connectivity index (χ3v) is 12.3. The molecule has 0 radical (unpaired) electrons. The van der Waals surface area contributed by atoms with Gasteiger partial charge in [-0.1, -0.05) is 72.8 Å². The Labute approximate surface area is 223 Å². The van der Waals surface area contributed by atoms with Crippen LogP contribution in [0, 0.1) is 0 Å². The van der Waals surface area contributed by atoms with Gasteiger partial charge in [0, 0.05) is 62.6 Å². The maximum absolute atomic E-state index is 2.32. The first-order valence-electron chi connectivity index (χ1n) is 11.9. The number of hydrogen-bond acceptors (Lipinski definition) is 4. The minimum atomic E-state index is 1.36. The number of hydrogen-bond donors (Lipinski definition) is 0. The Morgan fingerprint density at radius 2 is 0.500 bits per heavy atom. The van der Waals surface area contributed by atoms with Crippen LogP contribution in [0.3, 0.4) is 0 Å². The van der Waals surface area contributed by atoms with Crippen LogP contribution in [0.2, 0.25) is 0 Å². The molecule has 1 aliphatic carbocycles. The molecule has 4 heterocycles. The Balaban J connectivity index is 1.61. The zero-order valence-corrected chi connectivity index (χ0v) is 22.1. The van der Waals surface area contributed by atoms with Crippen molar-refractivity contribution >= 4 is 85.7 Å². The molecule has 0 nitrogen and oxygen atoms in total. The Morgan fingerprint density at radius 3 is 0.750 bits per heavy atom. The molecule has 0 unspecified atom stereocenters. The quantitative estimate of drug-likeness (QED) is 0.184. The molecule has 9 rings (SSSR count). The molecule has 0 atom stereocenters. The van der Waals surface area contributed by atoms with Crippen LogP contribution >= 0.6 is 45.3 Å². The van der Waals surface area contributed by atoms with Crippen molar-refractivity contribution in [2.24, 2.45) is 0 Å². The van der Waals surface area contributed by atoms with Crippen molar-refractivity contribution in [3.8, 4) is 41.8 Å². The first kappa shape index (κ1) is 19.9. The fraction of sp³-hybridized carbons (Fsp3) is 0. The molecule has 0 aliphatic heterocycles. The van der Waals surface area contributed by atoms with Crippen LogP contribution in [0.25, 0.3) is 82.1 Å². The molecular weight excluding hydrogens is 513 g/mol. The van der Waals surface area contributed by atoms with E-state index in [4.69, 9.17) is 0 Å². The SMILES string of the molecule is c1ccc2c3c(sc2c1)-c1sc2ccccc2c1-c1c(sc2ccccc12)-c1sc2ccccc2c1-3. The van der Waals surface area contributed by atoms with Crippen molar-refractivity contribution in [1.82, 2.24) is 0 Å². The first-order valence-corrected chi connectivity index (χ1v) is 15.2. The van der Waals surface area contributed by atoms with Crippen LogP contribution < -0.4 is 0 Å². The van der Waals surface area contributed by atoms with Gasteiger partial charge in [-0.25, -0.2) is 0 Å². The molecule has 0 saturated carbocycles. The molecule has 0 spiro atoms. The lowest BCUT2D eigenvalue weighted by Gasteiger charge is -2.14. The number of fused-ring (bicyclic) bond motifs is 16. The molecule has 4 aromatic carbocycles. The Morgan fingerprint density at radius 1 is 0.278 bits per heavy atom. The zero-order valence-electron chi connectivity index (χ0n) is 18.9. The number of rotatable bonds is 0. The second-order valence-electron chi connectivity index (χ2n) is 9.21. The lowest BCUT2D eigenvalue weighted by Crippen LogP contribution is -1.88. The summed E-state index contributed by atoms with van der Waals surface area (Å²) in [5, 5.41) is 5.48. The summed E-state index contributed by atoms with van der Waals surface area (Å²) in [5.41, 5.74) is 5.66. The van der Waals surface area contributed by atoms with E-state index in [1.54, 1.807) is 0 Å². The monoisotopic (exact) mass is 528 g/mol. The van der Waals surface area contributed by atoms with Gasteiger partial charge in [-0.15, -0.1) is 45.3 Å². The van der Waals surface area contributed by atoms with E-state index < -0.39 is 0 Å². The van der Waals surface area contributed by atoms with Gasteiger partial charge in [0.1, 0.15) is 0 Å². The molecule has 4 heteroatoms. The molecule has 168 valence electrons. The van der Waals surface area contributed by atoms with Gasteiger partial charge in [-0.05, 0) is 24.3 Å². The average Bonchev–Trinajstić information content (AvgIpc) is 3.66. The van der Waals surface area contributed by atoms with Crippen LogP contribution in [0.4, 0.5) is 0 Å². The summed E-state index contributed by atoms with van der Waals surface area (Å²) < 4.78 is 5.45. The van der Waals surface area contributed by atoms with Gasteiger partial charge in [0.15, 0.2) is 0 Å². The summed E-state index contributed by atoms with van der Waals surface area (Å²) in [4.78, 5) is 5.66. The van der Waals surface area contributed by atoms with Gasteiger partial charge in [0.25, 0.3) is 0 Å². The maximum atomic E-state index is 2.32. The highest BCUT2D eigenvalue weighted by atomic mass is 32.1. The minimum absolute atomic E-state index is 1.36. The van der Waals surface area contributed by atoms with Gasteiger partial charge in [-0.2, -0.15) is 0 Å². The number of benzene rings is 4. The summed E-state index contributed by atoms with van der Waals surface area (Å²) >= 11 is 7.83. The van der Waals surface area contributed by atoms with Gasteiger partial charge in [0.2, 0.25) is 0 Å². The molecule has 0 saturated heterocycles. The molecular formula is C32H16S4. The van der Waals surface area contributed by atoms with Crippen LogP contribution in [-0.2, 0) is 0 Å². The smallest absolute Gasteiger partial charge is 0.0541 e. The van der Waals surface area contributed by atoms with Crippen LogP contribution in [0.5, 0.6) is 0 Å². The molecule has 0 bridgehead atoms. The molecule has 0 fully saturated rings. The summed E-state index contributed by atoms with van der Waals surface area (Å²) in [5.74, 6) is 0.